The predicted molar refractivity (Wildman–Crippen MR) is 68.1 cm³/mol. The van der Waals surface area contributed by atoms with E-state index in [0.29, 0.717) is 10.2 Å². The number of nitrogens with zero attached hydrogens (tertiary/aromatic N) is 1. The van der Waals surface area contributed by atoms with E-state index < -0.39 is 12.8 Å². The minimum Gasteiger partial charge on any atom is -0.370 e. The standard InChI is InChI=1S/C10H9F3N2O2S2/c11-10(12,13)5-17-3-2-15-8(16)7-6(1-4-19-7)14-9(15)18/h1,4H,2-3,5H2,(H,14,18). The van der Waals surface area contributed by atoms with E-state index in [0.717, 1.165) is 0 Å². The van der Waals surface area contributed by atoms with Crippen molar-refractivity contribution in [3.8, 4) is 0 Å². The molecule has 19 heavy (non-hydrogen) atoms. The Labute approximate surface area is 114 Å². The number of fused-ring (bicyclic) bond motifs is 1. The highest BCUT2D eigenvalue weighted by atomic mass is 32.1. The lowest BCUT2D eigenvalue weighted by Crippen LogP contribution is -2.25. The molecule has 0 aliphatic heterocycles. The monoisotopic (exact) mass is 310 g/mol. The Morgan fingerprint density at radius 2 is 2.21 bits per heavy atom. The third kappa shape index (κ3) is 3.43. The number of aromatic nitrogens is 2. The Bertz CT molecular complexity index is 686. The molecule has 2 aromatic heterocycles. The van der Waals surface area contributed by atoms with Crippen molar-refractivity contribution in [3.05, 3.63) is 26.6 Å². The van der Waals surface area contributed by atoms with Gasteiger partial charge in [0.2, 0.25) is 0 Å². The summed E-state index contributed by atoms with van der Waals surface area (Å²) in [5, 5.41) is 1.74. The van der Waals surface area contributed by atoms with E-state index in [1.807, 2.05) is 0 Å². The zero-order valence-electron chi connectivity index (χ0n) is 9.49. The van der Waals surface area contributed by atoms with E-state index >= 15 is 0 Å². The fourth-order valence-corrected chi connectivity index (χ4v) is 2.60. The lowest BCUT2D eigenvalue weighted by molar-refractivity contribution is -0.174. The summed E-state index contributed by atoms with van der Waals surface area (Å²) in [6, 6.07) is 1.72. The molecule has 0 aliphatic carbocycles. The summed E-state index contributed by atoms with van der Waals surface area (Å²) in [5.41, 5.74) is 0.316. The summed E-state index contributed by atoms with van der Waals surface area (Å²) in [4.78, 5) is 14.9. The van der Waals surface area contributed by atoms with E-state index in [-0.39, 0.29) is 23.5 Å². The van der Waals surface area contributed by atoms with Crippen molar-refractivity contribution in [1.82, 2.24) is 9.55 Å². The molecule has 0 fully saturated rings. The van der Waals surface area contributed by atoms with Gasteiger partial charge in [0.05, 0.1) is 18.7 Å². The maximum Gasteiger partial charge on any atom is 0.411 e. The number of hydrogen-bond acceptors (Lipinski definition) is 4. The molecule has 0 aliphatic rings. The van der Waals surface area contributed by atoms with Gasteiger partial charge in [0.15, 0.2) is 4.77 Å². The SMILES string of the molecule is O=c1c2sccc2[nH]c(=S)n1CCOCC(F)(F)F. The maximum atomic E-state index is 12.0. The van der Waals surface area contributed by atoms with Crippen LogP contribution in [0.25, 0.3) is 10.2 Å². The molecule has 104 valence electrons. The van der Waals surface area contributed by atoms with Gasteiger partial charge < -0.3 is 9.72 Å². The number of ether oxygens (including phenoxy) is 1. The molecular formula is C10H9F3N2O2S2. The van der Waals surface area contributed by atoms with Crippen LogP contribution in [0.3, 0.4) is 0 Å². The largest absolute Gasteiger partial charge is 0.411 e. The lowest BCUT2D eigenvalue weighted by atomic mass is 10.4. The number of rotatable bonds is 4. The van der Waals surface area contributed by atoms with Crippen LogP contribution in [0.5, 0.6) is 0 Å². The van der Waals surface area contributed by atoms with Gasteiger partial charge in [-0.3, -0.25) is 9.36 Å². The lowest BCUT2D eigenvalue weighted by Gasteiger charge is -2.09. The van der Waals surface area contributed by atoms with Crippen molar-refractivity contribution in [3.63, 3.8) is 0 Å². The normalized spacial score (nSPS) is 12.2. The van der Waals surface area contributed by atoms with Gasteiger partial charge in [0.1, 0.15) is 11.3 Å². The molecule has 0 saturated carbocycles. The quantitative estimate of drug-likeness (QED) is 0.698. The number of thiophene rings is 1. The average Bonchev–Trinajstić information content (AvgIpc) is 2.74. The smallest absolute Gasteiger partial charge is 0.370 e. The molecule has 0 spiro atoms. The molecule has 2 aromatic rings. The van der Waals surface area contributed by atoms with Crippen LogP contribution >= 0.6 is 23.6 Å². The van der Waals surface area contributed by atoms with Gasteiger partial charge in [0, 0.05) is 0 Å². The number of hydrogen-bond donors (Lipinski definition) is 1. The molecule has 0 amide bonds. The van der Waals surface area contributed by atoms with E-state index in [1.165, 1.54) is 15.9 Å². The Hall–Kier alpha value is -1.19. The second kappa shape index (κ2) is 5.43. The Morgan fingerprint density at radius 3 is 2.89 bits per heavy atom. The van der Waals surface area contributed by atoms with Crippen molar-refractivity contribution in [2.45, 2.75) is 12.7 Å². The second-order valence-electron chi connectivity index (χ2n) is 3.72. The van der Waals surface area contributed by atoms with Gasteiger partial charge in [-0.15, -0.1) is 11.3 Å². The molecule has 0 aromatic carbocycles. The zero-order valence-corrected chi connectivity index (χ0v) is 11.1. The summed E-state index contributed by atoms with van der Waals surface area (Å²) >= 11 is 6.24. The van der Waals surface area contributed by atoms with Crippen molar-refractivity contribution < 1.29 is 17.9 Å². The average molecular weight is 310 g/mol. The molecule has 0 bridgehead atoms. The van der Waals surface area contributed by atoms with Crippen LogP contribution < -0.4 is 5.56 Å². The molecule has 2 rings (SSSR count). The molecule has 9 heteroatoms. The van der Waals surface area contributed by atoms with E-state index in [1.54, 1.807) is 11.4 Å². The summed E-state index contributed by atoms with van der Waals surface area (Å²) < 4.78 is 42.0. The minimum atomic E-state index is -4.37. The number of nitrogens with one attached hydrogen (secondary N) is 1. The molecule has 1 N–H and O–H groups in total. The number of H-pyrrole nitrogens is 1. The van der Waals surface area contributed by atoms with Crippen molar-refractivity contribution in [2.75, 3.05) is 13.2 Å². The number of aromatic amines is 1. The first-order chi connectivity index (χ1) is 8.88. The molecule has 4 nitrogen and oxygen atoms in total. The predicted octanol–water partition coefficient (Wildman–Crippen LogP) is 2.70. The van der Waals surface area contributed by atoms with Crippen LogP contribution in [0.2, 0.25) is 0 Å². The van der Waals surface area contributed by atoms with Crippen LogP contribution in [0.15, 0.2) is 16.2 Å². The zero-order chi connectivity index (χ0) is 14.0. The first kappa shape index (κ1) is 14.2. The van der Waals surface area contributed by atoms with Crippen LogP contribution in [0, 0.1) is 4.77 Å². The van der Waals surface area contributed by atoms with Crippen molar-refractivity contribution >= 4 is 33.8 Å². The highest BCUT2D eigenvalue weighted by molar-refractivity contribution is 7.71. The highest BCUT2D eigenvalue weighted by Crippen LogP contribution is 2.15. The summed E-state index contributed by atoms with van der Waals surface area (Å²) in [6.45, 7) is -1.58. The third-order valence-electron chi connectivity index (χ3n) is 2.32. The van der Waals surface area contributed by atoms with Crippen LogP contribution in [0.1, 0.15) is 0 Å². The van der Waals surface area contributed by atoms with Gasteiger partial charge in [-0.1, -0.05) is 0 Å². The summed E-state index contributed by atoms with van der Waals surface area (Å²) in [5.74, 6) is 0. The summed E-state index contributed by atoms with van der Waals surface area (Å²) in [6.07, 6.45) is -4.37. The van der Waals surface area contributed by atoms with Crippen molar-refractivity contribution in [1.29, 1.82) is 0 Å². The van der Waals surface area contributed by atoms with Crippen molar-refractivity contribution in [2.24, 2.45) is 0 Å². The highest BCUT2D eigenvalue weighted by Gasteiger charge is 2.27. The molecular weight excluding hydrogens is 301 g/mol. The Balaban J connectivity index is 2.13. The van der Waals surface area contributed by atoms with Gasteiger partial charge in [0.25, 0.3) is 5.56 Å². The van der Waals surface area contributed by atoms with Crippen LogP contribution in [0.4, 0.5) is 13.2 Å². The van der Waals surface area contributed by atoms with Gasteiger partial charge in [-0.25, -0.2) is 0 Å². The molecule has 0 radical (unpaired) electrons. The van der Waals surface area contributed by atoms with Crippen LogP contribution in [-0.4, -0.2) is 28.9 Å². The van der Waals surface area contributed by atoms with Crippen LogP contribution in [-0.2, 0) is 11.3 Å². The number of alkyl halides is 3. The second-order valence-corrected chi connectivity index (χ2v) is 5.02. The van der Waals surface area contributed by atoms with Gasteiger partial charge in [-0.05, 0) is 23.7 Å². The van der Waals surface area contributed by atoms with Gasteiger partial charge in [-0.2, -0.15) is 13.2 Å². The maximum absolute atomic E-state index is 12.0. The number of halogens is 3. The third-order valence-corrected chi connectivity index (χ3v) is 3.54. The van der Waals surface area contributed by atoms with Gasteiger partial charge >= 0.3 is 6.18 Å². The summed E-state index contributed by atoms with van der Waals surface area (Å²) in [7, 11) is 0. The van der Waals surface area contributed by atoms with E-state index in [9.17, 15) is 18.0 Å². The fourth-order valence-electron chi connectivity index (χ4n) is 1.52. The molecule has 2 heterocycles. The fraction of sp³-hybridized carbons (Fsp3) is 0.400. The van der Waals surface area contributed by atoms with E-state index in [2.05, 4.69) is 9.72 Å². The molecule has 0 atom stereocenters. The van der Waals surface area contributed by atoms with E-state index in [4.69, 9.17) is 12.2 Å². The topological polar surface area (TPSA) is 47.0 Å². The minimum absolute atomic E-state index is 0.0158. The first-order valence-electron chi connectivity index (χ1n) is 5.23. The first-order valence-corrected chi connectivity index (χ1v) is 6.52. The Kier molecular flexibility index (Phi) is 4.07. The molecule has 0 unspecified atom stereocenters. The Morgan fingerprint density at radius 1 is 1.47 bits per heavy atom. The molecule has 0 saturated heterocycles.